The molecule has 0 saturated heterocycles. The summed E-state index contributed by atoms with van der Waals surface area (Å²) < 4.78 is 2.18. The van der Waals surface area contributed by atoms with Crippen molar-refractivity contribution in [3.63, 3.8) is 0 Å². The molecule has 1 aromatic carbocycles. The van der Waals surface area contributed by atoms with E-state index in [1.54, 1.807) is 0 Å². The molecule has 1 atom stereocenters. The summed E-state index contributed by atoms with van der Waals surface area (Å²) in [5, 5.41) is 0. The Kier molecular flexibility index (Phi) is 2.73. The smallest absolute Gasteiger partial charge is 0.0961 e. The van der Waals surface area contributed by atoms with Gasteiger partial charge in [-0.3, -0.25) is 0 Å². The second-order valence-corrected chi connectivity index (χ2v) is 4.19. The highest BCUT2D eigenvalue weighted by Crippen LogP contribution is 2.22. The normalized spacial score (nSPS) is 13.6. The van der Waals surface area contributed by atoms with Crippen molar-refractivity contribution in [1.29, 1.82) is 0 Å². The fraction of sp³-hybridized carbons (Fsp3) is 0.417. The zero-order valence-electron chi connectivity index (χ0n) is 9.22. The molecule has 0 fully saturated rings. The van der Waals surface area contributed by atoms with Gasteiger partial charge in [0.25, 0.3) is 0 Å². The van der Waals surface area contributed by atoms with E-state index in [4.69, 9.17) is 5.73 Å². The molecule has 15 heavy (non-hydrogen) atoms. The lowest BCUT2D eigenvalue weighted by Crippen LogP contribution is -2.23. The Hall–Kier alpha value is -1.35. The molecule has 0 radical (unpaired) electrons. The van der Waals surface area contributed by atoms with Crippen LogP contribution in [0.1, 0.15) is 19.9 Å². The van der Waals surface area contributed by atoms with Crippen LogP contribution >= 0.6 is 0 Å². The summed E-state index contributed by atoms with van der Waals surface area (Å²) in [7, 11) is 0. The highest BCUT2D eigenvalue weighted by molar-refractivity contribution is 5.75. The summed E-state index contributed by atoms with van der Waals surface area (Å²) in [5.74, 6) is 0.521. The largest absolute Gasteiger partial charge is 0.328 e. The van der Waals surface area contributed by atoms with Gasteiger partial charge in [0.15, 0.2) is 0 Å². The molecule has 3 nitrogen and oxygen atoms in total. The number of rotatable bonds is 3. The van der Waals surface area contributed by atoms with Crippen LogP contribution in [-0.4, -0.2) is 16.1 Å². The minimum atomic E-state index is 0.331. The Morgan fingerprint density at radius 2 is 2.07 bits per heavy atom. The molecule has 0 amide bonds. The van der Waals surface area contributed by atoms with Gasteiger partial charge in [-0.1, -0.05) is 26.0 Å². The molecule has 3 heteroatoms. The quantitative estimate of drug-likeness (QED) is 0.831. The molecule has 1 aromatic heterocycles. The van der Waals surface area contributed by atoms with Crippen molar-refractivity contribution in [3.8, 4) is 0 Å². The zero-order valence-corrected chi connectivity index (χ0v) is 9.22. The monoisotopic (exact) mass is 203 g/mol. The third-order valence-corrected chi connectivity index (χ3v) is 2.85. The molecule has 0 bridgehead atoms. The van der Waals surface area contributed by atoms with Crippen molar-refractivity contribution in [2.24, 2.45) is 11.7 Å². The summed E-state index contributed by atoms with van der Waals surface area (Å²) in [6.07, 6.45) is 1.89. The average Bonchev–Trinajstić information content (AvgIpc) is 2.63. The van der Waals surface area contributed by atoms with Crippen molar-refractivity contribution in [2.45, 2.75) is 19.9 Å². The van der Waals surface area contributed by atoms with Crippen molar-refractivity contribution in [1.82, 2.24) is 9.55 Å². The van der Waals surface area contributed by atoms with E-state index in [0.717, 1.165) is 5.52 Å². The number of nitrogens with zero attached hydrogens (tertiary/aromatic N) is 2. The first kappa shape index (κ1) is 10.2. The lowest BCUT2D eigenvalue weighted by molar-refractivity contribution is 0.393. The van der Waals surface area contributed by atoms with Gasteiger partial charge in [0.1, 0.15) is 0 Å². The molecule has 0 spiro atoms. The number of imidazole rings is 1. The Balaban J connectivity index is 2.51. The van der Waals surface area contributed by atoms with Crippen molar-refractivity contribution in [3.05, 3.63) is 30.6 Å². The van der Waals surface area contributed by atoms with Crippen LogP contribution in [0.4, 0.5) is 0 Å². The second-order valence-electron chi connectivity index (χ2n) is 4.19. The minimum absolute atomic E-state index is 0.331. The van der Waals surface area contributed by atoms with Crippen LogP contribution in [0.25, 0.3) is 11.0 Å². The molecular weight excluding hydrogens is 186 g/mol. The summed E-state index contributed by atoms with van der Waals surface area (Å²) in [5.41, 5.74) is 8.01. The summed E-state index contributed by atoms with van der Waals surface area (Å²) >= 11 is 0. The molecule has 1 unspecified atom stereocenters. The SMILES string of the molecule is CC(C)C(CN)n1cnc2ccccc21. The van der Waals surface area contributed by atoms with Crippen LogP contribution < -0.4 is 5.73 Å². The first-order chi connectivity index (χ1) is 7.24. The molecule has 2 rings (SSSR count). The van der Waals surface area contributed by atoms with E-state index >= 15 is 0 Å². The van der Waals surface area contributed by atoms with Gasteiger partial charge in [0, 0.05) is 12.6 Å². The Labute approximate surface area is 89.9 Å². The predicted molar refractivity (Wildman–Crippen MR) is 62.7 cm³/mol. The van der Waals surface area contributed by atoms with E-state index in [2.05, 4.69) is 29.5 Å². The molecule has 0 aliphatic rings. The van der Waals surface area contributed by atoms with Gasteiger partial charge in [-0.15, -0.1) is 0 Å². The molecule has 0 aliphatic carbocycles. The Morgan fingerprint density at radius 3 is 2.73 bits per heavy atom. The molecule has 80 valence electrons. The average molecular weight is 203 g/mol. The second kappa shape index (κ2) is 4.03. The van der Waals surface area contributed by atoms with E-state index in [0.29, 0.717) is 18.5 Å². The van der Waals surface area contributed by atoms with Crippen LogP contribution in [0.2, 0.25) is 0 Å². The maximum atomic E-state index is 5.81. The van der Waals surface area contributed by atoms with Gasteiger partial charge in [0.2, 0.25) is 0 Å². The third kappa shape index (κ3) is 1.75. The topological polar surface area (TPSA) is 43.8 Å². The number of para-hydroxylation sites is 2. The number of nitrogens with two attached hydrogens (primary N) is 1. The summed E-state index contributed by atoms with van der Waals surface area (Å²) in [6, 6.07) is 8.49. The van der Waals surface area contributed by atoms with E-state index < -0.39 is 0 Å². The maximum absolute atomic E-state index is 5.81. The van der Waals surface area contributed by atoms with Gasteiger partial charge < -0.3 is 10.3 Å². The Bertz CT molecular complexity index is 445. The van der Waals surface area contributed by atoms with E-state index in [-0.39, 0.29) is 0 Å². The highest BCUT2D eigenvalue weighted by atomic mass is 15.1. The molecule has 2 N–H and O–H groups in total. The van der Waals surface area contributed by atoms with Crippen molar-refractivity contribution in [2.75, 3.05) is 6.54 Å². The van der Waals surface area contributed by atoms with Gasteiger partial charge in [-0.05, 0) is 18.1 Å². The van der Waals surface area contributed by atoms with E-state index in [1.165, 1.54) is 5.52 Å². The maximum Gasteiger partial charge on any atom is 0.0961 e. The minimum Gasteiger partial charge on any atom is -0.328 e. The lowest BCUT2D eigenvalue weighted by Gasteiger charge is -2.21. The number of hydrogen-bond acceptors (Lipinski definition) is 2. The molecule has 1 heterocycles. The summed E-state index contributed by atoms with van der Waals surface area (Å²) in [6.45, 7) is 5.02. The van der Waals surface area contributed by atoms with Crippen molar-refractivity contribution < 1.29 is 0 Å². The van der Waals surface area contributed by atoms with Crippen molar-refractivity contribution >= 4 is 11.0 Å². The molecule has 2 aromatic rings. The fourth-order valence-corrected chi connectivity index (χ4v) is 1.95. The highest BCUT2D eigenvalue weighted by Gasteiger charge is 2.15. The number of fused-ring (bicyclic) bond motifs is 1. The lowest BCUT2D eigenvalue weighted by atomic mass is 10.0. The molecular formula is C12H17N3. The van der Waals surface area contributed by atoms with E-state index in [9.17, 15) is 0 Å². The number of hydrogen-bond donors (Lipinski definition) is 1. The predicted octanol–water partition coefficient (Wildman–Crippen LogP) is 2.19. The summed E-state index contributed by atoms with van der Waals surface area (Å²) in [4.78, 5) is 4.38. The van der Waals surface area contributed by atoms with Gasteiger partial charge in [-0.2, -0.15) is 0 Å². The van der Waals surface area contributed by atoms with Crippen LogP contribution in [0.3, 0.4) is 0 Å². The standard InChI is InChI=1S/C12H17N3/c1-9(2)12(7-13)15-8-14-10-5-3-4-6-11(10)15/h3-6,8-9,12H,7,13H2,1-2H3. The number of aromatic nitrogens is 2. The molecule has 0 aliphatic heterocycles. The van der Waals surface area contributed by atoms with Gasteiger partial charge in [0.05, 0.1) is 17.4 Å². The number of benzene rings is 1. The third-order valence-electron chi connectivity index (χ3n) is 2.85. The first-order valence-corrected chi connectivity index (χ1v) is 5.35. The van der Waals surface area contributed by atoms with Crippen LogP contribution in [-0.2, 0) is 0 Å². The van der Waals surface area contributed by atoms with Crippen LogP contribution in [0.5, 0.6) is 0 Å². The van der Waals surface area contributed by atoms with E-state index in [1.807, 2.05) is 24.5 Å². The van der Waals surface area contributed by atoms with Gasteiger partial charge in [-0.25, -0.2) is 4.98 Å². The first-order valence-electron chi connectivity index (χ1n) is 5.35. The molecule has 0 saturated carbocycles. The zero-order chi connectivity index (χ0) is 10.8. The van der Waals surface area contributed by atoms with Gasteiger partial charge >= 0.3 is 0 Å². The Morgan fingerprint density at radius 1 is 1.33 bits per heavy atom. The van der Waals surface area contributed by atoms with Crippen LogP contribution in [0, 0.1) is 5.92 Å². The van der Waals surface area contributed by atoms with Crippen LogP contribution in [0.15, 0.2) is 30.6 Å². The fourth-order valence-electron chi connectivity index (χ4n) is 1.95.